The number of carbonyl (C=O) groups excluding carboxylic acids is 1. The second kappa shape index (κ2) is 5.20. The second-order valence-corrected chi connectivity index (χ2v) is 5.98. The number of nitrogens with one attached hydrogen (secondary N) is 1. The van der Waals surface area contributed by atoms with Crippen LogP contribution in [0.4, 0.5) is 10.1 Å². The Morgan fingerprint density at radius 2 is 2.15 bits per heavy atom. The minimum absolute atomic E-state index is 0.204. The molecule has 1 aromatic carbocycles. The smallest absolute Gasteiger partial charge is 0.252 e. The number of nitrogens with zero attached hydrogens (tertiary/aromatic N) is 1. The maximum absolute atomic E-state index is 13.6. The molecule has 0 bridgehead atoms. The van der Waals surface area contributed by atoms with Crippen molar-refractivity contribution in [3.63, 3.8) is 0 Å². The van der Waals surface area contributed by atoms with Gasteiger partial charge in [-0.3, -0.25) is 4.79 Å². The van der Waals surface area contributed by atoms with Crippen LogP contribution in [0.1, 0.15) is 34.8 Å². The van der Waals surface area contributed by atoms with Gasteiger partial charge in [0.25, 0.3) is 5.91 Å². The first-order valence-electron chi connectivity index (χ1n) is 6.09. The highest BCUT2D eigenvalue weighted by atomic mass is 32.1. The Kier molecular flexibility index (Phi) is 3.76. The number of hydrogen-bond acceptors (Lipinski definition) is 4. The zero-order valence-electron chi connectivity index (χ0n) is 11.5. The topological polar surface area (TPSA) is 68.0 Å². The van der Waals surface area contributed by atoms with Crippen LogP contribution in [0.5, 0.6) is 0 Å². The molecule has 20 heavy (non-hydrogen) atoms. The van der Waals surface area contributed by atoms with Gasteiger partial charge in [-0.05, 0) is 32.9 Å². The number of nitrogens with two attached hydrogens (primary N) is 1. The predicted octanol–water partition coefficient (Wildman–Crippen LogP) is 2.84. The zero-order valence-corrected chi connectivity index (χ0v) is 12.3. The number of thiazole rings is 1. The van der Waals surface area contributed by atoms with Crippen molar-refractivity contribution in [2.75, 3.05) is 5.73 Å². The molecule has 3 N–H and O–H groups in total. The van der Waals surface area contributed by atoms with Crippen LogP contribution in [-0.4, -0.2) is 10.9 Å². The van der Waals surface area contributed by atoms with E-state index in [1.54, 1.807) is 13.1 Å². The first-order valence-corrected chi connectivity index (χ1v) is 6.97. The molecule has 0 spiro atoms. The van der Waals surface area contributed by atoms with E-state index in [1.807, 2.05) is 19.2 Å². The monoisotopic (exact) mass is 293 g/mol. The van der Waals surface area contributed by atoms with E-state index in [-0.39, 0.29) is 17.2 Å². The van der Waals surface area contributed by atoms with Crippen LogP contribution in [-0.2, 0) is 5.54 Å². The van der Waals surface area contributed by atoms with Crippen molar-refractivity contribution < 1.29 is 9.18 Å². The van der Waals surface area contributed by atoms with Crippen LogP contribution >= 0.6 is 11.3 Å². The van der Waals surface area contributed by atoms with E-state index < -0.39 is 11.4 Å². The molecule has 0 aliphatic rings. The van der Waals surface area contributed by atoms with Gasteiger partial charge in [-0.25, -0.2) is 9.37 Å². The van der Waals surface area contributed by atoms with Gasteiger partial charge in [-0.1, -0.05) is 0 Å². The summed E-state index contributed by atoms with van der Waals surface area (Å²) in [6, 6.07) is 2.67. The third-order valence-corrected chi connectivity index (χ3v) is 4.14. The molecule has 0 fully saturated rings. The zero-order chi connectivity index (χ0) is 14.9. The first-order chi connectivity index (χ1) is 9.31. The Balaban J connectivity index is 2.25. The van der Waals surface area contributed by atoms with E-state index in [0.717, 1.165) is 5.01 Å². The van der Waals surface area contributed by atoms with Crippen molar-refractivity contribution in [2.45, 2.75) is 26.3 Å². The van der Waals surface area contributed by atoms with Crippen molar-refractivity contribution >= 4 is 22.9 Å². The Bertz CT molecular complexity index is 615. The molecule has 0 radical (unpaired) electrons. The van der Waals surface area contributed by atoms with E-state index in [0.29, 0.717) is 5.56 Å². The molecule has 1 amide bonds. The van der Waals surface area contributed by atoms with Crippen LogP contribution in [0.25, 0.3) is 0 Å². The molecule has 0 aliphatic heterocycles. The molecule has 4 nitrogen and oxygen atoms in total. The van der Waals surface area contributed by atoms with E-state index in [2.05, 4.69) is 10.3 Å². The minimum atomic E-state index is -0.624. The average molecular weight is 293 g/mol. The van der Waals surface area contributed by atoms with Crippen molar-refractivity contribution in [1.29, 1.82) is 0 Å². The lowest BCUT2D eigenvalue weighted by Crippen LogP contribution is -2.41. The number of anilines is 1. The number of halogens is 1. The Hall–Kier alpha value is -1.95. The highest BCUT2D eigenvalue weighted by Gasteiger charge is 2.26. The molecule has 0 atom stereocenters. The lowest BCUT2D eigenvalue weighted by atomic mass is 10.0. The lowest BCUT2D eigenvalue weighted by molar-refractivity contribution is 0.0911. The predicted molar refractivity (Wildman–Crippen MR) is 78.2 cm³/mol. The largest absolute Gasteiger partial charge is 0.398 e. The van der Waals surface area contributed by atoms with E-state index >= 15 is 0 Å². The summed E-state index contributed by atoms with van der Waals surface area (Å²) in [4.78, 5) is 16.4. The van der Waals surface area contributed by atoms with Gasteiger partial charge in [-0.2, -0.15) is 0 Å². The molecule has 0 saturated heterocycles. The van der Waals surface area contributed by atoms with E-state index in [9.17, 15) is 9.18 Å². The summed E-state index contributed by atoms with van der Waals surface area (Å²) in [6.45, 7) is 5.27. The third-order valence-electron chi connectivity index (χ3n) is 3.04. The Labute approximate surface area is 120 Å². The van der Waals surface area contributed by atoms with Gasteiger partial charge in [0.1, 0.15) is 10.8 Å². The van der Waals surface area contributed by atoms with E-state index in [1.165, 1.54) is 23.5 Å². The minimum Gasteiger partial charge on any atom is -0.398 e. The fourth-order valence-corrected chi connectivity index (χ4v) is 2.49. The lowest BCUT2D eigenvalue weighted by Gasteiger charge is -2.24. The van der Waals surface area contributed by atoms with Crippen LogP contribution in [0.2, 0.25) is 0 Å². The maximum Gasteiger partial charge on any atom is 0.252 e. The molecular weight excluding hydrogens is 277 g/mol. The third kappa shape index (κ3) is 2.80. The number of amides is 1. The first kappa shape index (κ1) is 14.5. The fraction of sp³-hybridized carbons (Fsp3) is 0.286. The van der Waals surface area contributed by atoms with Crippen LogP contribution in [0.15, 0.2) is 23.7 Å². The summed E-state index contributed by atoms with van der Waals surface area (Å²) >= 11 is 1.45. The SMILES string of the molecule is Cc1c(N)cc(C(=O)NC(C)(C)c2nccs2)cc1F. The Morgan fingerprint density at radius 3 is 2.70 bits per heavy atom. The van der Waals surface area contributed by atoms with Gasteiger partial charge in [0.05, 0.1) is 5.54 Å². The molecule has 0 saturated carbocycles. The summed E-state index contributed by atoms with van der Waals surface area (Å²) in [6.07, 6.45) is 1.68. The molecule has 106 valence electrons. The number of aromatic nitrogens is 1. The molecule has 1 aromatic heterocycles. The quantitative estimate of drug-likeness (QED) is 0.855. The summed E-state index contributed by atoms with van der Waals surface area (Å²) in [5, 5.41) is 5.46. The van der Waals surface area contributed by atoms with Gasteiger partial charge in [0.2, 0.25) is 0 Å². The number of hydrogen-bond donors (Lipinski definition) is 2. The second-order valence-electron chi connectivity index (χ2n) is 5.09. The summed E-state index contributed by atoms with van der Waals surface area (Å²) in [5.74, 6) is -0.863. The Morgan fingerprint density at radius 1 is 1.45 bits per heavy atom. The highest BCUT2D eigenvalue weighted by molar-refractivity contribution is 7.09. The van der Waals surface area contributed by atoms with Crippen molar-refractivity contribution in [1.82, 2.24) is 10.3 Å². The number of rotatable bonds is 3. The fourth-order valence-electron chi connectivity index (χ4n) is 1.77. The van der Waals surface area contributed by atoms with Gasteiger partial charge in [0, 0.05) is 28.4 Å². The number of nitrogen functional groups attached to an aromatic ring is 1. The van der Waals surface area contributed by atoms with Crippen molar-refractivity contribution in [3.8, 4) is 0 Å². The molecule has 6 heteroatoms. The molecular formula is C14H16FN3OS. The standard InChI is InChI=1S/C14H16FN3OS/c1-8-10(15)6-9(7-11(8)16)12(19)18-14(2,3)13-17-4-5-20-13/h4-7H,16H2,1-3H3,(H,18,19). The summed E-state index contributed by atoms with van der Waals surface area (Å²) in [5.41, 5.74) is 5.88. The van der Waals surface area contributed by atoms with E-state index in [4.69, 9.17) is 5.73 Å². The van der Waals surface area contributed by atoms with Gasteiger partial charge in [0.15, 0.2) is 0 Å². The maximum atomic E-state index is 13.6. The summed E-state index contributed by atoms with van der Waals surface area (Å²) < 4.78 is 13.6. The van der Waals surface area contributed by atoms with Crippen molar-refractivity contribution in [2.24, 2.45) is 0 Å². The molecule has 2 rings (SSSR count). The molecule has 2 aromatic rings. The average Bonchev–Trinajstić information content (AvgIpc) is 2.89. The number of benzene rings is 1. The summed E-state index contributed by atoms with van der Waals surface area (Å²) in [7, 11) is 0. The normalized spacial score (nSPS) is 11.4. The van der Waals surface area contributed by atoms with Gasteiger partial charge >= 0.3 is 0 Å². The van der Waals surface area contributed by atoms with Crippen LogP contribution in [0, 0.1) is 12.7 Å². The van der Waals surface area contributed by atoms with Gasteiger partial charge in [-0.15, -0.1) is 11.3 Å². The highest BCUT2D eigenvalue weighted by Crippen LogP contribution is 2.23. The molecule has 0 aliphatic carbocycles. The molecule has 0 unspecified atom stereocenters. The molecule has 1 heterocycles. The van der Waals surface area contributed by atoms with Crippen LogP contribution < -0.4 is 11.1 Å². The number of carbonyl (C=O) groups is 1. The van der Waals surface area contributed by atoms with Crippen molar-refractivity contribution in [3.05, 3.63) is 45.7 Å². The van der Waals surface area contributed by atoms with Gasteiger partial charge < -0.3 is 11.1 Å². The van der Waals surface area contributed by atoms with Crippen LogP contribution in [0.3, 0.4) is 0 Å².